The van der Waals surface area contributed by atoms with E-state index in [1.54, 1.807) is 12.5 Å². The molecule has 1 aliphatic rings. The van der Waals surface area contributed by atoms with E-state index >= 15 is 0 Å². The molecule has 0 bridgehead atoms. The summed E-state index contributed by atoms with van der Waals surface area (Å²) in [7, 11) is 0. The molecule has 0 radical (unpaired) electrons. The Hall–Kier alpha value is -1.18. The molecule has 2 aromatic heterocycles. The fourth-order valence-electron chi connectivity index (χ4n) is 2.12. The van der Waals surface area contributed by atoms with Crippen LogP contribution in [0.15, 0.2) is 17.3 Å². The van der Waals surface area contributed by atoms with Gasteiger partial charge in [0.15, 0.2) is 5.82 Å². The molecule has 0 aliphatic heterocycles. The molecule has 5 nitrogen and oxygen atoms in total. The van der Waals surface area contributed by atoms with Gasteiger partial charge in [0.05, 0.1) is 18.2 Å². The molecule has 1 fully saturated rings. The molecular weight excluding hydrogens is 355 g/mol. The lowest BCUT2D eigenvalue weighted by atomic mass is 10.2. The molecule has 0 unspecified atom stereocenters. The van der Waals surface area contributed by atoms with E-state index in [4.69, 9.17) is 0 Å². The smallest absolute Gasteiger partial charge is 0.264 e. The fraction of sp³-hybridized carbons (Fsp3) is 0.462. The van der Waals surface area contributed by atoms with E-state index in [9.17, 15) is 4.79 Å². The van der Waals surface area contributed by atoms with Crippen LogP contribution in [-0.2, 0) is 0 Å². The van der Waals surface area contributed by atoms with Crippen molar-refractivity contribution in [3.63, 3.8) is 0 Å². The van der Waals surface area contributed by atoms with Crippen LogP contribution in [0.5, 0.6) is 0 Å². The molecule has 0 amide bonds. The van der Waals surface area contributed by atoms with E-state index in [0.29, 0.717) is 11.7 Å². The highest BCUT2D eigenvalue weighted by Gasteiger charge is 2.29. The van der Waals surface area contributed by atoms with Gasteiger partial charge in [0.25, 0.3) is 5.56 Å². The van der Waals surface area contributed by atoms with Gasteiger partial charge >= 0.3 is 0 Å². The Morgan fingerprint density at radius 3 is 2.84 bits per heavy atom. The molecule has 0 spiro atoms. The maximum atomic E-state index is 12.0. The summed E-state index contributed by atoms with van der Waals surface area (Å²) in [5.41, 5.74) is 1.75. The van der Waals surface area contributed by atoms with Gasteiger partial charge < -0.3 is 9.55 Å². The molecule has 3 rings (SSSR count). The molecule has 6 heteroatoms. The molecule has 19 heavy (non-hydrogen) atoms. The minimum absolute atomic E-state index is 0.0518. The van der Waals surface area contributed by atoms with E-state index in [1.165, 1.54) is 0 Å². The Morgan fingerprint density at radius 2 is 2.21 bits per heavy atom. The number of H-pyrrole nitrogens is 1. The maximum Gasteiger partial charge on any atom is 0.264 e. The van der Waals surface area contributed by atoms with Crippen LogP contribution in [0.3, 0.4) is 0 Å². The predicted octanol–water partition coefficient (Wildman–Crippen LogP) is 2.70. The number of hydrogen-bond donors (Lipinski definition) is 1. The summed E-state index contributed by atoms with van der Waals surface area (Å²) in [4.78, 5) is 23.7. The van der Waals surface area contributed by atoms with Crippen LogP contribution in [0.2, 0.25) is 0 Å². The molecule has 1 aliphatic carbocycles. The third-order valence-electron chi connectivity index (χ3n) is 3.32. The van der Waals surface area contributed by atoms with Crippen molar-refractivity contribution in [3.05, 3.63) is 32.1 Å². The van der Waals surface area contributed by atoms with Gasteiger partial charge in [0.2, 0.25) is 0 Å². The first-order chi connectivity index (χ1) is 9.08. The Balaban J connectivity index is 2.15. The largest absolute Gasteiger partial charge is 0.326 e. The highest BCUT2D eigenvalue weighted by atomic mass is 127. The first-order valence-corrected chi connectivity index (χ1v) is 7.47. The van der Waals surface area contributed by atoms with Crippen LogP contribution >= 0.6 is 22.6 Å². The summed E-state index contributed by atoms with van der Waals surface area (Å²) in [6.07, 6.45) is 5.79. The lowest BCUT2D eigenvalue weighted by molar-refractivity contribution is 0.603. The first kappa shape index (κ1) is 12.8. The molecule has 0 saturated heterocycles. The third-order valence-corrected chi connectivity index (χ3v) is 4.36. The fourth-order valence-corrected chi connectivity index (χ4v) is 2.82. The van der Waals surface area contributed by atoms with Crippen molar-refractivity contribution in [1.29, 1.82) is 0 Å². The van der Waals surface area contributed by atoms with Gasteiger partial charge in [-0.2, -0.15) is 0 Å². The number of rotatable bonds is 3. The summed E-state index contributed by atoms with van der Waals surface area (Å²) in [5, 5.41) is 0. The van der Waals surface area contributed by atoms with Gasteiger partial charge in [-0.3, -0.25) is 4.79 Å². The van der Waals surface area contributed by atoms with Crippen molar-refractivity contribution >= 4 is 22.6 Å². The van der Waals surface area contributed by atoms with Gasteiger partial charge in [-0.05, 0) is 49.3 Å². The van der Waals surface area contributed by atoms with Crippen LogP contribution in [-0.4, -0.2) is 19.5 Å². The van der Waals surface area contributed by atoms with Gasteiger partial charge in [-0.15, -0.1) is 0 Å². The second-order valence-corrected chi connectivity index (χ2v) is 6.25. The van der Waals surface area contributed by atoms with Gasteiger partial charge in [-0.25, -0.2) is 9.97 Å². The average molecular weight is 370 g/mol. The summed E-state index contributed by atoms with van der Waals surface area (Å²) in [5.74, 6) is 1.09. The minimum atomic E-state index is -0.0518. The highest BCUT2D eigenvalue weighted by molar-refractivity contribution is 14.1. The van der Waals surface area contributed by atoms with E-state index in [1.807, 2.05) is 4.57 Å². The topological polar surface area (TPSA) is 63.6 Å². The molecule has 1 N–H and O–H groups in total. The number of nitrogens with zero attached hydrogens (tertiary/aromatic N) is 3. The number of nitrogens with one attached hydrogen (secondary N) is 1. The summed E-state index contributed by atoms with van der Waals surface area (Å²) < 4.78 is 2.74. The zero-order valence-corrected chi connectivity index (χ0v) is 13.0. The van der Waals surface area contributed by atoms with Crippen LogP contribution < -0.4 is 5.56 Å². The van der Waals surface area contributed by atoms with Gasteiger partial charge in [0.1, 0.15) is 9.26 Å². The molecule has 1 saturated carbocycles. The number of aromatic amines is 1. The molecular formula is C13H15IN4O. The molecule has 0 aromatic carbocycles. The first-order valence-electron chi connectivity index (χ1n) is 6.40. The Labute approximate surface area is 124 Å². The van der Waals surface area contributed by atoms with Crippen LogP contribution in [0.4, 0.5) is 0 Å². The van der Waals surface area contributed by atoms with E-state index < -0.39 is 0 Å². The maximum absolute atomic E-state index is 12.0. The van der Waals surface area contributed by atoms with Crippen molar-refractivity contribution in [3.8, 4) is 11.5 Å². The summed E-state index contributed by atoms with van der Waals surface area (Å²) in [6, 6.07) is 0.284. The Morgan fingerprint density at radius 1 is 1.47 bits per heavy atom. The molecule has 2 aromatic rings. The number of imidazole rings is 1. The van der Waals surface area contributed by atoms with E-state index in [2.05, 4.69) is 51.4 Å². The van der Waals surface area contributed by atoms with Crippen LogP contribution in [0.25, 0.3) is 11.5 Å². The second-order valence-electron chi connectivity index (χ2n) is 5.17. The minimum Gasteiger partial charge on any atom is -0.326 e. The SMILES string of the molecule is CC(C)n1cncc1-c1nc(C2CC2)c(I)c(=O)[nH]1. The summed E-state index contributed by atoms with van der Waals surface area (Å²) in [6.45, 7) is 4.16. The zero-order chi connectivity index (χ0) is 13.6. The van der Waals surface area contributed by atoms with Gasteiger partial charge in [-0.1, -0.05) is 0 Å². The standard InChI is InChI=1S/C13H15IN4O/c1-7(2)18-6-15-5-9(18)12-16-11(8-3-4-8)10(14)13(19)17-12/h5-8H,3-4H2,1-2H3,(H,16,17,19). The lowest BCUT2D eigenvalue weighted by Gasteiger charge is -2.12. The molecule has 0 atom stereocenters. The van der Waals surface area contributed by atoms with E-state index in [0.717, 1.165) is 27.8 Å². The number of aromatic nitrogens is 4. The second kappa shape index (κ2) is 4.73. The van der Waals surface area contributed by atoms with Crippen molar-refractivity contribution in [1.82, 2.24) is 19.5 Å². The number of hydrogen-bond acceptors (Lipinski definition) is 3. The van der Waals surface area contributed by atoms with Crippen molar-refractivity contribution in [2.75, 3.05) is 0 Å². The van der Waals surface area contributed by atoms with Crippen molar-refractivity contribution in [2.45, 2.75) is 38.6 Å². The Bertz CT molecular complexity index is 670. The number of halogens is 1. The van der Waals surface area contributed by atoms with Crippen LogP contribution in [0, 0.1) is 3.57 Å². The van der Waals surface area contributed by atoms with Crippen molar-refractivity contribution < 1.29 is 0 Å². The average Bonchev–Trinajstić information content (AvgIpc) is 3.08. The molecule has 2 heterocycles. The highest BCUT2D eigenvalue weighted by Crippen LogP contribution is 2.40. The third kappa shape index (κ3) is 2.33. The lowest BCUT2D eigenvalue weighted by Crippen LogP contribution is -2.17. The normalized spacial score (nSPS) is 15.2. The molecule has 100 valence electrons. The quantitative estimate of drug-likeness (QED) is 0.846. The van der Waals surface area contributed by atoms with E-state index in [-0.39, 0.29) is 11.6 Å². The summed E-state index contributed by atoms with van der Waals surface area (Å²) >= 11 is 2.09. The predicted molar refractivity (Wildman–Crippen MR) is 81.2 cm³/mol. The van der Waals surface area contributed by atoms with Crippen molar-refractivity contribution in [2.24, 2.45) is 0 Å². The van der Waals surface area contributed by atoms with Crippen LogP contribution in [0.1, 0.15) is 44.3 Å². The Kier molecular flexibility index (Phi) is 3.20. The monoisotopic (exact) mass is 370 g/mol. The van der Waals surface area contributed by atoms with Gasteiger partial charge in [0, 0.05) is 12.0 Å². The zero-order valence-electron chi connectivity index (χ0n) is 10.9.